The van der Waals surface area contributed by atoms with Crippen LogP contribution < -0.4 is 4.72 Å². The molecule has 1 aliphatic heterocycles. The Morgan fingerprint density at radius 2 is 2.15 bits per heavy atom. The van der Waals surface area contributed by atoms with Gasteiger partial charge in [0.15, 0.2) is 0 Å². The van der Waals surface area contributed by atoms with E-state index < -0.39 is 15.8 Å². The first-order valence-electron chi connectivity index (χ1n) is 3.89. The summed E-state index contributed by atoms with van der Waals surface area (Å²) in [6, 6.07) is -0.371. The third kappa shape index (κ3) is 2.85. The maximum Gasteiger partial charge on any atom is 0.350 e. The normalized spacial score (nSPS) is 25.7. The number of nitrogens with one attached hydrogen (secondary N) is 1. The number of rotatable bonds is 3. The lowest BCUT2D eigenvalue weighted by atomic mass is 10.3. The molecule has 1 heterocycles. The van der Waals surface area contributed by atoms with Crippen molar-refractivity contribution in [1.29, 1.82) is 0 Å². The van der Waals surface area contributed by atoms with E-state index in [0.29, 0.717) is 13.0 Å². The second-order valence-electron chi connectivity index (χ2n) is 3.17. The molecule has 13 heavy (non-hydrogen) atoms. The largest absolute Gasteiger partial charge is 0.350 e. The summed E-state index contributed by atoms with van der Waals surface area (Å²) in [6.45, 7) is 1.22. The fourth-order valence-corrected chi connectivity index (χ4v) is 2.07. The van der Waals surface area contributed by atoms with E-state index in [0.717, 1.165) is 6.54 Å². The molecule has 1 atom stereocenters. The van der Waals surface area contributed by atoms with Gasteiger partial charge in [-0.3, -0.25) is 0 Å². The summed E-state index contributed by atoms with van der Waals surface area (Å²) in [5, 5.41) is 0. The molecule has 0 saturated carbocycles. The fourth-order valence-electron chi connectivity index (χ4n) is 1.31. The van der Waals surface area contributed by atoms with Crippen LogP contribution in [-0.2, 0) is 10.0 Å². The molecule has 1 saturated heterocycles. The summed E-state index contributed by atoms with van der Waals surface area (Å²) in [7, 11) is -2.60. The highest BCUT2D eigenvalue weighted by atomic mass is 32.2. The number of alkyl halides is 2. The van der Waals surface area contributed by atoms with Gasteiger partial charge in [0, 0.05) is 12.6 Å². The number of halogens is 2. The number of hydrogen-bond acceptors (Lipinski definition) is 3. The minimum atomic E-state index is -4.42. The van der Waals surface area contributed by atoms with E-state index in [2.05, 4.69) is 0 Å². The molecule has 7 heteroatoms. The minimum Gasteiger partial charge on any atom is -0.305 e. The lowest BCUT2D eigenvalue weighted by molar-refractivity contribution is 0.231. The number of hydrogen-bond donors (Lipinski definition) is 1. The van der Waals surface area contributed by atoms with E-state index in [9.17, 15) is 17.2 Å². The summed E-state index contributed by atoms with van der Waals surface area (Å²) >= 11 is 0. The second kappa shape index (κ2) is 3.85. The molecule has 0 bridgehead atoms. The van der Waals surface area contributed by atoms with Crippen molar-refractivity contribution in [3.05, 3.63) is 0 Å². The van der Waals surface area contributed by atoms with Gasteiger partial charge in [-0.25, -0.2) is 13.1 Å². The SMILES string of the molecule is CN1CCC(NS(=O)(=O)C(F)F)C1. The molecule has 0 spiro atoms. The summed E-state index contributed by atoms with van der Waals surface area (Å²) in [5.41, 5.74) is 0. The highest BCUT2D eigenvalue weighted by Gasteiger charge is 2.30. The van der Waals surface area contributed by atoms with Crippen molar-refractivity contribution in [3.8, 4) is 0 Å². The number of likely N-dealkylation sites (N-methyl/N-ethyl adjacent to an activating group) is 1. The monoisotopic (exact) mass is 214 g/mol. The molecule has 1 unspecified atom stereocenters. The van der Waals surface area contributed by atoms with E-state index in [4.69, 9.17) is 0 Å². The summed E-state index contributed by atoms with van der Waals surface area (Å²) in [6.07, 6.45) is 0.586. The van der Waals surface area contributed by atoms with Crippen molar-refractivity contribution in [2.45, 2.75) is 18.2 Å². The van der Waals surface area contributed by atoms with Crippen LogP contribution in [0.25, 0.3) is 0 Å². The van der Waals surface area contributed by atoms with Gasteiger partial charge in [0.2, 0.25) is 0 Å². The summed E-state index contributed by atoms with van der Waals surface area (Å²) in [5.74, 6) is -3.33. The quantitative estimate of drug-likeness (QED) is 0.709. The van der Waals surface area contributed by atoms with E-state index in [1.54, 1.807) is 0 Å². The first-order valence-corrected chi connectivity index (χ1v) is 5.44. The number of sulfonamides is 1. The third-order valence-electron chi connectivity index (χ3n) is 1.96. The zero-order chi connectivity index (χ0) is 10.1. The molecule has 1 aliphatic rings. The highest BCUT2D eigenvalue weighted by Crippen LogP contribution is 2.10. The topological polar surface area (TPSA) is 49.4 Å². The van der Waals surface area contributed by atoms with Crippen LogP contribution in [0.1, 0.15) is 6.42 Å². The van der Waals surface area contributed by atoms with Crippen LogP contribution in [0.15, 0.2) is 0 Å². The van der Waals surface area contributed by atoms with Gasteiger partial charge in [-0.15, -0.1) is 0 Å². The molecule has 0 aliphatic carbocycles. The average Bonchev–Trinajstić information content (AvgIpc) is 2.34. The Hall–Kier alpha value is -0.270. The summed E-state index contributed by atoms with van der Waals surface area (Å²) in [4.78, 5) is 1.89. The first kappa shape index (κ1) is 10.8. The molecule has 4 nitrogen and oxygen atoms in total. The molecule has 0 radical (unpaired) electrons. The lowest BCUT2D eigenvalue weighted by Gasteiger charge is -2.12. The van der Waals surface area contributed by atoms with E-state index in [-0.39, 0.29) is 6.04 Å². The Labute approximate surface area is 76.0 Å². The first-order chi connectivity index (χ1) is 5.92. The molecule has 1 N–H and O–H groups in total. The van der Waals surface area contributed by atoms with Gasteiger partial charge >= 0.3 is 5.76 Å². The van der Waals surface area contributed by atoms with Crippen LogP contribution in [0.3, 0.4) is 0 Å². The average molecular weight is 214 g/mol. The maximum absolute atomic E-state index is 11.9. The zero-order valence-electron chi connectivity index (χ0n) is 7.20. The number of likely N-dealkylation sites (tertiary alicyclic amines) is 1. The van der Waals surface area contributed by atoms with Gasteiger partial charge in [0.05, 0.1) is 0 Å². The van der Waals surface area contributed by atoms with Gasteiger partial charge in [0.25, 0.3) is 10.0 Å². The Morgan fingerprint density at radius 3 is 2.54 bits per heavy atom. The van der Waals surface area contributed by atoms with Gasteiger partial charge < -0.3 is 4.90 Å². The van der Waals surface area contributed by atoms with Crippen LogP contribution >= 0.6 is 0 Å². The predicted molar refractivity (Wildman–Crippen MR) is 44.0 cm³/mol. The molecular formula is C6H12F2N2O2S. The Morgan fingerprint density at radius 1 is 1.54 bits per heavy atom. The smallest absolute Gasteiger partial charge is 0.305 e. The molecule has 0 aromatic heterocycles. The molecule has 0 aromatic rings. The fraction of sp³-hybridized carbons (Fsp3) is 1.00. The predicted octanol–water partition coefficient (Wildman–Crippen LogP) is -0.167. The molecule has 0 amide bonds. The zero-order valence-corrected chi connectivity index (χ0v) is 8.02. The van der Waals surface area contributed by atoms with Crippen molar-refractivity contribution < 1.29 is 17.2 Å². The van der Waals surface area contributed by atoms with Crippen molar-refractivity contribution >= 4 is 10.0 Å². The van der Waals surface area contributed by atoms with Crippen molar-refractivity contribution in [3.63, 3.8) is 0 Å². The van der Waals surface area contributed by atoms with Crippen molar-refractivity contribution in [2.24, 2.45) is 0 Å². The van der Waals surface area contributed by atoms with Gasteiger partial charge in [-0.1, -0.05) is 0 Å². The van der Waals surface area contributed by atoms with E-state index in [1.807, 2.05) is 16.7 Å². The molecule has 1 fully saturated rings. The highest BCUT2D eigenvalue weighted by molar-refractivity contribution is 7.89. The number of nitrogens with zero attached hydrogens (tertiary/aromatic N) is 1. The van der Waals surface area contributed by atoms with Gasteiger partial charge in [-0.2, -0.15) is 8.78 Å². The Balaban J connectivity index is 2.50. The third-order valence-corrected chi connectivity index (χ3v) is 3.09. The van der Waals surface area contributed by atoms with Crippen LogP contribution in [0.5, 0.6) is 0 Å². The van der Waals surface area contributed by atoms with Crippen LogP contribution in [-0.4, -0.2) is 45.3 Å². The standard InChI is InChI=1S/C6H12F2N2O2S/c1-10-3-2-5(4-10)9-13(11,12)6(7)8/h5-6,9H,2-4H2,1H3. The molecular weight excluding hydrogens is 202 g/mol. The Kier molecular flexibility index (Phi) is 3.20. The van der Waals surface area contributed by atoms with Crippen LogP contribution in [0.4, 0.5) is 8.78 Å². The van der Waals surface area contributed by atoms with E-state index in [1.165, 1.54) is 0 Å². The molecule has 1 rings (SSSR count). The molecule has 78 valence electrons. The Bertz CT molecular complexity index is 268. The second-order valence-corrected chi connectivity index (χ2v) is 4.85. The van der Waals surface area contributed by atoms with Crippen molar-refractivity contribution in [2.75, 3.05) is 20.1 Å². The summed E-state index contributed by atoms with van der Waals surface area (Å²) < 4.78 is 47.2. The van der Waals surface area contributed by atoms with Gasteiger partial charge in [0.1, 0.15) is 0 Å². The van der Waals surface area contributed by atoms with E-state index >= 15 is 0 Å². The molecule has 0 aromatic carbocycles. The minimum absolute atomic E-state index is 0.371. The van der Waals surface area contributed by atoms with Crippen molar-refractivity contribution in [1.82, 2.24) is 9.62 Å². The lowest BCUT2D eigenvalue weighted by Crippen LogP contribution is -2.39. The van der Waals surface area contributed by atoms with Crippen LogP contribution in [0, 0.1) is 0 Å². The van der Waals surface area contributed by atoms with Crippen LogP contribution in [0.2, 0.25) is 0 Å². The van der Waals surface area contributed by atoms with Gasteiger partial charge in [-0.05, 0) is 20.0 Å². The maximum atomic E-state index is 11.9.